The molecule has 0 aromatic rings. The monoisotopic (exact) mass is 234 g/mol. The summed E-state index contributed by atoms with van der Waals surface area (Å²) in [6.45, 7) is 3.45. The average molecular weight is 235 g/mol. The molecule has 0 N–H and O–H groups in total. The lowest BCUT2D eigenvalue weighted by Crippen LogP contribution is -2.09. The van der Waals surface area contributed by atoms with Gasteiger partial charge in [0.15, 0.2) is 0 Å². The summed E-state index contributed by atoms with van der Waals surface area (Å²) in [6, 6.07) is 0. The molecule has 3 nitrogen and oxygen atoms in total. The predicted octanol–water partition coefficient (Wildman–Crippen LogP) is 2.66. The van der Waals surface area contributed by atoms with Crippen LogP contribution < -0.4 is 0 Å². The molecule has 6 heteroatoms. The minimum absolute atomic E-state index is 0.249. The first-order valence-corrected chi connectivity index (χ1v) is 5.88. The number of alkyl halides is 2. The third-order valence-electron chi connectivity index (χ3n) is 1.03. The van der Waals surface area contributed by atoms with Gasteiger partial charge in [-0.3, -0.25) is 4.57 Å². The van der Waals surface area contributed by atoms with Gasteiger partial charge >= 0.3 is 8.25 Å². The molecule has 0 aliphatic heterocycles. The maximum Gasteiger partial charge on any atom is 0.319 e. The second-order valence-electron chi connectivity index (χ2n) is 2.42. The molecule has 0 saturated carbocycles. The molecule has 12 heavy (non-hydrogen) atoms. The van der Waals surface area contributed by atoms with Gasteiger partial charge in [0.25, 0.3) is 0 Å². The molecule has 0 heterocycles. The summed E-state index contributed by atoms with van der Waals surface area (Å²) >= 11 is 10.9. The van der Waals surface area contributed by atoms with Crippen molar-refractivity contribution in [2.24, 2.45) is 0 Å². The van der Waals surface area contributed by atoms with Crippen LogP contribution in [0.2, 0.25) is 0 Å². The van der Waals surface area contributed by atoms with Crippen molar-refractivity contribution in [1.29, 1.82) is 0 Å². The van der Waals surface area contributed by atoms with Crippen LogP contribution in [0, 0.1) is 0 Å². The van der Waals surface area contributed by atoms with Crippen molar-refractivity contribution in [1.82, 2.24) is 0 Å². The van der Waals surface area contributed by atoms with E-state index in [1.165, 1.54) is 0 Å². The highest BCUT2D eigenvalue weighted by Gasteiger charge is 2.09. The Balaban J connectivity index is 3.59. The van der Waals surface area contributed by atoms with Gasteiger partial charge in [-0.2, -0.15) is 0 Å². The lowest BCUT2D eigenvalue weighted by atomic mass is 10.5. The summed E-state index contributed by atoms with van der Waals surface area (Å²) in [5.41, 5.74) is 0. The Bertz CT molecular complexity index is 131. The second-order valence-corrected chi connectivity index (χ2v) is 4.00. The normalized spacial score (nSPS) is 18.7. The Morgan fingerprint density at radius 2 is 1.50 bits per heavy atom. The standard InChI is InChI=1S/C6H13Cl2O3P/c1-5(3-7)10-12(9)11-6(2)4-8/h5-6,12H,3-4H2,1-2H3. The number of hydrogen-bond donors (Lipinski definition) is 0. The highest BCUT2D eigenvalue weighted by Crippen LogP contribution is 2.28. The van der Waals surface area contributed by atoms with Crippen molar-refractivity contribution in [3.63, 3.8) is 0 Å². The maximum atomic E-state index is 11.0. The maximum absolute atomic E-state index is 11.0. The van der Waals surface area contributed by atoms with E-state index in [1.807, 2.05) is 0 Å². The van der Waals surface area contributed by atoms with Gasteiger partial charge in [-0.15, -0.1) is 23.2 Å². The minimum Gasteiger partial charge on any atom is -0.306 e. The Labute approximate surface area is 83.3 Å². The van der Waals surface area contributed by atoms with Gasteiger partial charge in [0.05, 0.1) is 12.2 Å². The van der Waals surface area contributed by atoms with Crippen LogP contribution in [0.25, 0.3) is 0 Å². The second kappa shape index (κ2) is 7.16. The Hall–Kier alpha value is 0.730. The van der Waals surface area contributed by atoms with Crippen LogP contribution in [0.4, 0.5) is 0 Å². The first-order valence-electron chi connectivity index (χ1n) is 3.59. The molecule has 0 aliphatic carbocycles. The molecule has 0 fully saturated rings. The third-order valence-corrected chi connectivity index (χ3v) is 3.09. The molecule has 74 valence electrons. The van der Waals surface area contributed by atoms with Crippen molar-refractivity contribution in [3.05, 3.63) is 0 Å². The van der Waals surface area contributed by atoms with E-state index in [0.717, 1.165) is 0 Å². The SMILES string of the molecule is CC(CCl)O[PH](=O)OC(C)CCl. The van der Waals surface area contributed by atoms with Gasteiger partial charge in [-0.05, 0) is 13.8 Å². The number of halogens is 2. The lowest BCUT2D eigenvalue weighted by Gasteiger charge is -2.12. The van der Waals surface area contributed by atoms with E-state index < -0.39 is 8.25 Å². The molecule has 2 atom stereocenters. The molecule has 0 bridgehead atoms. The van der Waals surface area contributed by atoms with E-state index in [-0.39, 0.29) is 12.2 Å². The zero-order chi connectivity index (χ0) is 9.56. The minimum atomic E-state index is -2.43. The summed E-state index contributed by atoms with van der Waals surface area (Å²) in [4.78, 5) is 0. The Kier molecular flexibility index (Phi) is 7.60. The van der Waals surface area contributed by atoms with Crippen molar-refractivity contribution < 1.29 is 13.6 Å². The topological polar surface area (TPSA) is 35.5 Å². The van der Waals surface area contributed by atoms with E-state index in [9.17, 15) is 4.57 Å². The van der Waals surface area contributed by atoms with E-state index in [1.54, 1.807) is 13.8 Å². The van der Waals surface area contributed by atoms with E-state index in [0.29, 0.717) is 11.8 Å². The molecule has 0 radical (unpaired) electrons. The van der Waals surface area contributed by atoms with Crippen LogP contribution in [0.15, 0.2) is 0 Å². The molecule has 0 aliphatic rings. The Morgan fingerprint density at radius 1 is 1.17 bits per heavy atom. The van der Waals surface area contributed by atoms with Gasteiger partial charge in [-0.25, -0.2) is 0 Å². The molecule has 2 unspecified atom stereocenters. The summed E-state index contributed by atoms with van der Waals surface area (Å²) in [5.74, 6) is 0.601. The fraction of sp³-hybridized carbons (Fsp3) is 1.00. The van der Waals surface area contributed by atoms with E-state index in [4.69, 9.17) is 32.2 Å². The van der Waals surface area contributed by atoms with Crippen LogP contribution in [-0.4, -0.2) is 24.0 Å². The predicted molar refractivity (Wildman–Crippen MR) is 51.5 cm³/mol. The fourth-order valence-corrected chi connectivity index (χ4v) is 1.64. The highest BCUT2D eigenvalue weighted by atomic mass is 35.5. The zero-order valence-electron chi connectivity index (χ0n) is 7.05. The van der Waals surface area contributed by atoms with Gasteiger partial charge in [0.2, 0.25) is 0 Å². The molecule has 0 rings (SSSR count). The number of rotatable bonds is 6. The fourth-order valence-electron chi connectivity index (χ4n) is 0.419. The van der Waals surface area contributed by atoms with Crippen molar-refractivity contribution in [3.8, 4) is 0 Å². The van der Waals surface area contributed by atoms with Crippen LogP contribution in [0.3, 0.4) is 0 Å². The highest BCUT2D eigenvalue weighted by molar-refractivity contribution is 7.33. The molecular formula is C6H13Cl2O3P. The largest absolute Gasteiger partial charge is 0.319 e. The smallest absolute Gasteiger partial charge is 0.306 e. The van der Waals surface area contributed by atoms with Crippen LogP contribution in [-0.2, 0) is 13.6 Å². The van der Waals surface area contributed by atoms with Gasteiger partial charge in [-0.1, -0.05) is 0 Å². The quantitative estimate of drug-likeness (QED) is 0.524. The van der Waals surface area contributed by atoms with Gasteiger partial charge < -0.3 is 9.05 Å². The molecule has 0 amide bonds. The van der Waals surface area contributed by atoms with E-state index in [2.05, 4.69) is 0 Å². The van der Waals surface area contributed by atoms with Gasteiger partial charge in [0.1, 0.15) is 0 Å². The molecule has 0 aromatic carbocycles. The summed E-state index contributed by atoms with van der Waals surface area (Å²) < 4.78 is 20.8. The van der Waals surface area contributed by atoms with Crippen LogP contribution in [0.5, 0.6) is 0 Å². The van der Waals surface area contributed by atoms with Crippen molar-refractivity contribution in [2.45, 2.75) is 26.1 Å². The number of hydrogen-bond acceptors (Lipinski definition) is 3. The average Bonchev–Trinajstić information content (AvgIpc) is 2.03. The summed E-state index contributed by atoms with van der Waals surface area (Å²) in [5, 5.41) is 0. The molecule has 0 saturated heterocycles. The summed E-state index contributed by atoms with van der Waals surface area (Å²) in [7, 11) is -2.43. The Morgan fingerprint density at radius 3 is 1.75 bits per heavy atom. The van der Waals surface area contributed by atoms with Gasteiger partial charge in [0, 0.05) is 11.8 Å². The van der Waals surface area contributed by atoms with Crippen molar-refractivity contribution >= 4 is 31.5 Å². The first kappa shape index (κ1) is 12.7. The zero-order valence-corrected chi connectivity index (χ0v) is 9.56. The lowest BCUT2D eigenvalue weighted by molar-refractivity contribution is 0.163. The van der Waals surface area contributed by atoms with Crippen LogP contribution >= 0.6 is 31.5 Å². The molecule has 0 spiro atoms. The summed E-state index contributed by atoms with van der Waals surface area (Å²) in [6.07, 6.45) is -0.499. The third kappa shape index (κ3) is 6.27. The van der Waals surface area contributed by atoms with Crippen molar-refractivity contribution in [2.75, 3.05) is 11.8 Å². The van der Waals surface area contributed by atoms with E-state index >= 15 is 0 Å². The van der Waals surface area contributed by atoms with Crippen LogP contribution in [0.1, 0.15) is 13.8 Å². The molecule has 0 aromatic heterocycles. The first-order chi connectivity index (χ1) is 5.60. The molecular weight excluding hydrogens is 222 g/mol.